The van der Waals surface area contributed by atoms with Crippen LogP contribution in [-0.4, -0.2) is 117 Å². The molecular weight excluding hydrogens is 958 g/mol. The second-order valence-electron chi connectivity index (χ2n) is 19.4. The highest BCUT2D eigenvalue weighted by Crippen LogP contribution is 2.43. The monoisotopic (exact) mass is 1020 g/mol. The van der Waals surface area contributed by atoms with Crippen LogP contribution in [0.5, 0.6) is 5.75 Å². The Morgan fingerprint density at radius 2 is 1.67 bits per heavy atom. The lowest BCUT2D eigenvalue weighted by atomic mass is 9.99. The number of pyridine rings is 1. The summed E-state index contributed by atoms with van der Waals surface area (Å²) in [5.41, 5.74) is 8.16. The first-order chi connectivity index (χ1) is 33.2. The number of fused-ring (bicyclic) bond motifs is 2. The lowest BCUT2D eigenvalue weighted by molar-refractivity contribution is -0.135. The van der Waals surface area contributed by atoms with Gasteiger partial charge in [0.05, 0.1) is 38.5 Å². The van der Waals surface area contributed by atoms with E-state index in [1.807, 2.05) is 43.3 Å². The Kier molecular flexibility index (Phi) is 13.2. The van der Waals surface area contributed by atoms with Crippen molar-refractivity contribution in [3.05, 3.63) is 92.6 Å². The molecule has 0 spiro atoms. The molecule has 6 aromatic rings. The Bertz CT molecular complexity index is 3080. The molecule has 3 aliphatic heterocycles. The number of amides is 2. The highest BCUT2D eigenvalue weighted by molar-refractivity contribution is 9.10. The van der Waals surface area contributed by atoms with E-state index in [1.165, 1.54) is 11.3 Å². The lowest BCUT2D eigenvalue weighted by Crippen LogP contribution is -2.53. The predicted molar refractivity (Wildman–Crippen MR) is 277 cm³/mol. The van der Waals surface area contributed by atoms with Crippen LogP contribution in [0.25, 0.3) is 21.9 Å². The first-order valence-corrected chi connectivity index (χ1v) is 27.7. The third-order valence-corrected chi connectivity index (χ3v) is 16.4. The van der Waals surface area contributed by atoms with Gasteiger partial charge in [0.25, 0.3) is 0 Å². The largest absolute Gasteiger partial charge is 0.488 e. The summed E-state index contributed by atoms with van der Waals surface area (Å²) >= 11 is 3.65. The van der Waals surface area contributed by atoms with Gasteiger partial charge < -0.3 is 29.7 Å². The first kappa shape index (κ1) is 47.1. The Hall–Kier alpha value is -5.61. The van der Waals surface area contributed by atoms with Gasteiger partial charge in [-0.15, -0.1) is 0 Å². The summed E-state index contributed by atoms with van der Waals surface area (Å²) in [7, 11) is -0.965. The van der Waals surface area contributed by atoms with Crippen LogP contribution in [0.2, 0.25) is 0 Å². The number of rotatable bonds is 14. The van der Waals surface area contributed by atoms with Gasteiger partial charge in [0.15, 0.2) is 0 Å². The van der Waals surface area contributed by atoms with Crippen LogP contribution in [-0.2, 0) is 34.0 Å². The number of ether oxygens (including phenoxy) is 1. The number of imide groups is 1. The fourth-order valence-corrected chi connectivity index (χ4v) is 12.3. The zero-order valence-corrected chi connectivity index (χ0v) is 42.5. The predicted octanol–water partition coefficient (Wildman–Crippen LogP) is 7.39. The number of nitrogens with one attached hydrogen (secondary N) is 3. The second kappa shape index (κ2) is 19.3. The van der Waals surface area contributed by atoms with E-state index in [9.17, 15) is 18.9 Å². The van der Waals surface area contributed by atoms with Crippen molar-refractivity contribution in [3.63, 3.8) is 0 Å². The van der Waals surface area contributed by atoms with E-state index in [-0.39, 0.29) is 24.1 Å². The number of hydrogen-bond donors (Lipinski definition) is 3. The number of carbonyl (C=O) groups excluding carboxylic acids is 2. The van der Waals surface area contributed by atoms with Gasteiger partial charge in [-0.05, 0) is 123 Å². The number of aromatic nitrogens is 5. The Morgan fingerprint density at radius 1 is 0.884 bits per heavy atom. The van der Waals surface area contributed by atoms with Crippen LogP contribution in [0.4, 0.5) is 28.8 Å². The first-order valence-electron chi connectivity index (χ1n) is 24.3. The molecular formula is C51H61BrN11O5P. The van der Waals surface area contributed by atoms with Crippen LogP contribution in [0, 0.1) is 6.92 Å². The van der Waals surface area contributed by atoms with Crippen molar-refractivity contribution in [1.29, 1.82) is 0 Å². The van der Waals surface area contributed by atoms with Crippen molar-refractivity contribution in [2.24, 2.45) is 7.05 Å². The van der Waals surface area contributed by atoms with Crippen LogP contribution < -0.4 is 36.6 Å². The van der Waals surface area contributed by atoms with E-state index in [4.69, 9.17) is 9.72 Å². The standard InChI is InChI=1S/C51H61BrN11O5P/c1-6-32-28-40(56-50-53-30-37(52)48(58-50)55-39-15-14-38-36(13-10-31(2)54-38)47(39)69(4,5)67)44(68-35-11-12-35)29-43(32)62-22-19-34(20-23-62)61-26-24-60(25-27-61)21-18-33-8-7-9-41-46(33)59(3)51(66)63(41)42-16-17-45(64)57-49(42)65/h7-10,13-15,28-30,34-35,42H,6,11-12,16-27H2,1-5H3,(H,57,64,65)(H2,53,55,56,58). The molecule has 0 radical (unpaired) electrons. The molecule has 4 fully saturated rings. The van der Waals surface area contributed by atoms with Gasteiger partial charge in [0, 0.05) is 99.7 Å². The molecule has 362 valence electrons. The third kappa shape index (κ3) is 9.80. The molecule has 16 nitrogen and oxygen atoms in total. The van der Waals surface area contributed by atoms with Crippen molar-refractivity contribution >= 4 is 91.0 Å². The fourth-order valence-electron chi connectivity index (χ4n) is 10.5. The minimum absolute atomic E-state index is 0.191. The number of halogens is 1. The van der Waals surface area contributed by atoms with E-state index in [2.05, 4.69) is 81.7 Å². The molecule has 4 aliphatic rings. The summed E-state index contributed by atoms with van der Waals surface area (Å²) < 4.78 is 24.2. The number of imidazole rings is 1. The molecule has 1 unspecified atom stereocenters. The van der Waals surface area contributed by atoms with Crippen molar-refractivity contribution in [1.82, 2.24) is 39.2 Å². The van der Waals surface area contributed by atoms with Crippen molar-refractivity contribution in [3.8, 4) is 5.75 Å². The molecule has 1 aliphatic carbocycles. The molecule has 3 aromatic heterocycles. The highest BCUT2D eigenvalue weighted by Gasteiger charge is 2.33. The molecule has 10 rings (SSSR count). The van der Waals surface area contributed by atoms with Gasteiger partial charge in [-0.2, -0.15) is 4.98 Å². The van der Waals surface area contributed by atoms with Gasteiger partial charge in [-0.3, -0.25) is 33.9 Å². The normalized spacial score (nSPS) is 18.8. The number of anilines is 5. The van der Waals surface area contributed by atoms with E-state index in [0.717, 1.165) is 134 Å². The lowest BCUT2D eigenvalue weighted by Gasteiger charge is -2.43. The molecule has 3 N–H and O–H groups in total. The summed E-state index contributed by atoms with van der Waals surface area (Å²) in [6.45, 7) is 14.6. The Morgan fingerprint density at radius 3 is 2.39 bits per heavy atom. The summed E-state index contributed by atoms with van der Waals surface area (Å²) in [4.78, 5) is 60.0. The number of carbonyl (C=O) groups is 2. The van der Waals surface area contributed by atoms with E-state index < -0.39 is 19.1 Å². The Labute approximate surface area is 410 Å². The topological polar surface area (TPSA) is 172 Å². The second-order valence-corrected chi connectivity index (χ2v) is 23.4. The molecule has 3 aromatic carbocycles. The average Bonchev–Trinajstić information content (AvgIpc) is 4.12. The number of para-hydroxylation sites is 1. The smallest absolute Gasteiger partial charge is 0.329 e. The number of nitrogens with zero attached hydrogens (tertiary/aromatic N) is 8. The van der Waals surface area contributed by atoms with Crippen molar-refractivity contribution < 1.29 is 18.9 Å². The van der Waals surface area contributed by atoms with Gasteiger partial charge in [0.2, 0.25) is 17.8 Å². The van der Waals surface area contributed by atoms with Crippen LogP contribution in [0.3, 0.4) is 0 Å². The van der Waals surface area contributed by atoms with Gasteiger partial charge >= 0.3 is 5.69 Å². The zero-order valence-electron chi connectivity index (χ0n) is 40.1. The fraction of sp³-hybridized carbons (Fsp3) is 0.451. The Balaban J connectivity index is 0.783. The summed E-state index contributed by atoms with van der Waals surface area (Å²) in [6.07, 6.45) is 8.35. The molecule has 0 bridgehead atoms. The number of piperidine rings is 2. The minimum Gasteiger partial charge on any atom is -0.488 e. The van der Waals surface area contributed by atoms with E-state index in [1.54, 1.807) is 35.7 Å². The SMILES string of the molecule is CCc1cc(Nc2ncc(Br)c(Nc3ccc4nc(C)ccc4c3P(C)(C)=O)n2)c(OC2CC2)cc1N1CCC(N2CCN(CCc3cccc4c3n(C)c(=O)n4C3CCC(=O)NC3=O)CC2)CC1. The summed E-state index contributed by atoms with van der Waals surface area (Å²) in [5, 5.41) is 11.0. The van der Waals surface area contributed by atoms with Gasteiger partial charge in [0.1, 0.15) is 24.8 Å². The molecule has 3 saturated heterocycles. The van der Waals surface area contributed by atoms with E-state index in [0.29, 0.717) is 34.4 Å². The highest BCUT2D eigenvalue weighted by atomic mass is 79.9. The van der Waals surface area contributed by atoms with Gasteiger partial charge in [-0.1, -0.05) is 25.1 Å². The summed E-state index contributed by atoms with van der Waals surface area (Å²) in [5.74, 6) is 1.05. The zero-order chi connectivity index (χ0) is 48.1. The number of benzene rings is 3. The van der Waals surface area contributed by atoms with Crippen molar-refractivity contribution in [2.75, 3.05) is 74.7 Å². The maximum absolute atomic E-state index is 13.7. The third-order valence-electron chi connectivity index (χ3n) is 14.3. The van der Waals surface area contributed by atoms with Gasteiger partial charge in [-0.25, -0.2) is 9.78 Å². The molecule has 18 heteroatoms. The van der Waals surface area contributed by atoms with Crippen LogP contribution in [0.15, 0.2) is 70.1 Å². The molecule has 2 amide bonds. The molecule has 1 atom stereocenters. The minimum atomic E-state index is -2.74. The number of piperazine rings is 1. The molecule has 1 saturated carbocycles. The summed E-state index contributed by atoms with van der Waals surface area (Å²) in [6, 6.07) is 18.0. The number of aryl methyl sites for hydroxylation is 3. The van der Waals surface area contributed by atoms with Crippen molar-refractivity contribution in [2.45, 2.75) is 83.4 Å². The van der Waals surface area contributed by atoms with Crippen LogP contribution in [0.1, 0.15) is 68.3 Å². The maximum Gasteiger partial charge on any atom is 0.329 e. The quantitative estimate of drug-likeness (QED) is 0.0730. The average molecular weight is 1020 g/mol. The number of hydrogen-bond acceptors (Lipinski definition) is 13. The van der Waals surface area contributed by atoms with E-state index >= 15 is 0 Å². The maximum atomic E-state index is 13.7. The molecule has 6 heterocycles. The van der Waals surface area contributed by atoms with Crippen LogP contribution >= 0.6 is 23.1 Å². The molecule has 69 heavy (non-hydrogen) atoms.